The molecule has 0 radical (unpaired) electrons. The molecule has 5 nitrogen and oxygen atoms in total. The number of rotatable bonds is 5. The van der Waals surface area contributed by atoms with Crippen LogP contribution in [-0.4, -0.2) is 23.4 Å². The van der Waals surface area contributed by atoms with Crippen molar-refractivity contribution in [1.82, 2.24) is 0 Å². The molecule has 2 aromatic carbocycles. The fourth-order valence-electron chi connectivity index (χ4n) is 3.72. The zero-order valence-electron chi connectivity index (χ0n) is 17.0. The van der Waals surface area contributed by atoms with Gasteiger partial charge < -0.3 is 9.84 Å². The Hall–Kier alpha value is -3.09. The third kappa shape index (κ3) is 3.73. The number of hydrogen-bond acceptors (Lipinski definition) is 5. The first-order chi connectivity index (χ1) is 14.9. The first-order valence-corrected chi connectivity index (χ1v) is 11.0. The highest BCUT2D eigenvalue weighted by Crippen LogP contribution is 2.45. The van der Waals surface area contributed by atoms with Crippen LogP contribution in [0.25, 0.3) is 5.76 Å². The first kappa shape index (κ1) is 21.2. The average Bonchev–Trinajstić information content (AvgIpc) is 3.37. The van der Waals surface area contributed by atoms with Crippen LogP contribution in [0.1, 0.15) is 29.0 Å². The molecule has 7 heteroatoms. The van der Waals surface area contributed by atoms with E-state index >= 15 is 0 Å². The van der Waals surface area contributed by atoms with E-state index in [9.17, 15) is 14.7 Å². The number of halogens is 1. The summed E-state index contributed by atoms with van der Waals surface area (Å²) in [6.07, 6.45) is 0. The second kappa shape index (κ2) is 8.57. The number of aliphatic hydroxyl groups is 1. The van der Waals surface area contributed by atoms with Gasteiger partial charge in [0.05, 0.1) is 17.2 Å². The van der Waals surface area contributed by atoms with Gasteiger partial charge in [-0.25, -0.2) is 0 Å². The van der Waals surface area contributed by atoms with Gasteiger partial charge in [0.1, 0.15) is 17.6 Å². The van der Waals surface area contributed by atoms with E-state index in [2.05, 4.69) is 0 Å². The second-order valence-electron chi connectivity index (χ2n) is 7.05. The van der Waals surface area contributed by atoms with Gasteiger partial charge in [-0.2, -0.15) is 0 Å². The van der Waals surface area contributed by atoms with Crippen molar-refractivity contribution in [2.24, 2.45) is 0 Å². The van der Waals surface area contributed by atoms with E-state index in [0.717, 1.165) is 10.4 Å². The summed E-state index contributed by atoms with van der Waals surface area (Å²) in [4.78, 5) is 28.5. The van der Waals surface area contributed by atoms with Crippen molar-refractivity contribution in [2.75, 3.05) is 11.5 Å². The quantitative estimate of drug-likeness (QED) is 0.304. The Labute approximate surface area is 189 Å². The van der Waals surface area contributed by atoms with Crippen molar-refractivity contribution in [2.45, 2.75) is 19.9 Å². The van der Waals surface area contributed by atoms with Gasteiger partial charge in [0.15, 0.2) is 0 Å². The van der Waals surface area contributed by atoms with Gasteiger partial charge in [-0.1, -0.05) is 35.9 Å². The molecule has 1 N–H and O–H groups in total. The minimum Gasteiger partial charge on any atom is -0.507 e. The fourth-order valence-corrected chi connectivity index (χ4v) is 4.75. The highest BCUT2D eigenvalue weighted by Gasteiger charge is 2.47. The maximum absolute atomic E-state index is 13.2. The lowest BCUT2D eigenvalue weighted by Crippen LogP contribution is -2.29. The molecule has 1 aliphatic heterocycles. The number of aliphatic hydroxyl groups excluding tert-OH is 1. The Bertz CT molecular complexity index is 1190. The molecule has 0 bridgehead atoms. The molecule has 4 rings (SSSR count). The zero-order valence-corrected chi connectivity index (χ0v) is 18.5. The number of para-hydroxylation sites is 1. The van der Waals surface area contributed by atoms with Gasteiger partial charge >= 0.3 is 0 Å². The van der Waals surface area contributed by atoms with Crippen LogP contribution in [0.5, 0.6) is 5.75 Å². The molecule has 1 fully saturated rings. The molecular weight excluding hydrogens is 434 g/mol. The zero-order chi connectivity index (χ0) is 22.1. The highest BCUT2D eigenvalue weighted by molar-refractivity contribution is 7.10. The number of carbonyl (C=O) groups excluding carboxylic acids is 2. The lowest BCUT2D eigenvalue weighted by atomic mass is 9.99. The topological polar surface area (TPSA) is 66.8 Å². The average molecular weight is 454 g/mol. The number of nitrogens with zero attached hydrogens (tertiary/aromatic N) is 1. The smallest absolute Gasteiger partial charge is 0.300 e. The Balaban J connectivity index is 1.94. The van der Waals surface area contributed by atoms with Crippen molar-refractivity contribution in [1.29, 1.82) is 0 Å². The Morgan fingerprint density at radius 1 is 1.16 bits per heavy atom. The number of anilines is 1. The third-order valence-electron chi connectivity index (χ3n) is 5.14. The summed E-state index contributed by atoms with van der Waals surface area (Å²) in [5.74, 6) is -1.25. The van der Waals surface area contributed by atoms with Gasteiger partial charge in [0, 0.05) is 16.1 Å². The molecule has 0 aliphatic carbocycles. The summed E-state index contributed by atoms with van der Waals surface area (Å²) < 4.78 is 5.51. The molecule has 1 atom stereocenters. The molecule has 1 aromatic heterocycles. The van der Waals surface area contributed by atoms with E-state index in [1.54, 1.807) is 24.3 Å². The van der Waals surface area contributed by atoms with Gasteiger partial charge in [-0.3, -0.25) is 14.5 Å². The second-order valence-corrected chi connectivity index (χ2v) is 8.43. The van der Waals surface area contributed by atoms with Crippen molar-refractivity contribution in [3.05, 3.63) is 86.6 Å². The van der Waals surface area contributed by atoms with Crippen LogP contribution in [0, 0.1) is 6.92 Å². The van der Waals surface area contributed by atoms with Crippen LogP contribution in [0.3, 0.4) is 0 Å². The van der Waals surface area contributed by atoms with Crippen molar-refractivity contribution < 1.29 is 19.4 Å². The molecule has 1 unspecified atom stereocenters. The molecule has 0 saturated carbocycles. The lowest BCUT2D eigenvalue weighted by molar-refractivity contribution is -0.132. The van der Waals surface area contributed by atoms with Crippen LogP contribution in [0.15, 0.2) is 65.6 Å². The molecule has 31 heavy (non-hydrogen) atoms. The van der Waals surface area contributed by atoms with Crippen LogP contribution in [0.4, 0.5) is 5.69 Å². The molecule has 1 saturated heterocycles. The lowest BCUT2D eigenvalue weighted by Gasteiger charge is -2.25. The number of benzene rings is 2. The van der Waals surface area contributed by atoms with Crippen molar-refractivity contribution in [3.63, 3.8) is 0 Å². The van der Waals surface area contributed by atoms with E-state index in [1.165, 1.54) is 16.2 Å². The summed E-state index contributed by atoms with van der Waals surface area (Å²) in [5, 5.41) is 13.4. The molecule has 1 amide bonds. The van der Waals surface area contributed by atoms with Gasteiger partial charge in [0.2, 0.25) is 0 Å². The van der Waals surface area contributed by atoms with Crippen LogP contribution >= 0.6 is 22.9 Å². The monoisotopic (exact) mass is 453 g/mol. The summed E-state index contributed by atoms with van der Waals surface area (Å²) in [6, 6.07) is 15.2. The first-order valence-electron chi connectivity index (χ1n) is 9.76. The molecule has 3 aromatic rings. The standard InChI is InChI=1S/C24H20ClNO4S/c1-3-30-15-10-11-17(25)16(13-15)22(27)20-21(19-9-6-12-31-19)26(24(29)23(20)28)18-8-5-4-7-14(18)2/h4-13,21,27H,3H2,1-2H3/b22-20-. The summed E-state index contributed by atoms with van der Waals surface area (Å²) in [7, 11) is 0. The maximum Gasteiger partial charge on any atom is 0.300 e. The van der Waals surface area contributed by atoms with E-state index < -0.39 is 17.7 Å². The number of ether oxygens (including phenoxy) is 1. The maximum atomic E-state index is 13.2. The summed E-state index contributed by atoms with van der Waals surface area (Å²) in [5.41, 5.74) is 1.72. The SMILES string of the molecule is CCOc1ccc(Cl)c(/C(O)=C2/C(=O)C(=O)N(c3ccccc3C)C2c2cccs2)c1. The van der Waals surface area contributed by atoms with Crippen LogP contribution < -0.4 is 9.64 Å². The fraction of sp³-hybridized carbons (Fsp3) is 0.167. The van der Waals surface area contributed by atoms with Gasteiger partial charge in [-0.05, 0) is 55.1 Å². The highest BCUT2D eigenvalue weighted by atomic mass is 35.5. The van der Waals surface area contributed by atoms with Crippen LogP contribution in [-0.2, 0) is 9.59 Å². The number of Topliss-reactive ketones (excluding diaryl/α,β-unsaturated/α-hetero) is 1. The molecular formula is C24H20ClNO4S. The molecule has 1 aliphatic rings. The normalized spacial score (nSPS) is 17.9. The minimum atomic E-state index is -0.757. The van der Waals surface area contributed by atoms with E-state index in [-0.39, 0.29) is 21.9 Å². The van der Waals surface area contributed by atoms with Gasteiger partial charge in [0.25, 0.3) is 11.7 Å². The number of thiophene rings is 1. The van der Waals surface area contributed by atoms with E-state index in [1.807, 2.05) is 49.6 Å². The van der Waals surface area contributed by atoms with Crippen molar-refractivity contribution in [3.8, 4) is 5.75 Å². The van der Waals surface area contributed by atoms with Crippen molar-refractivity contribution >= 4 is 46.1 Å². The predicted molar refractivity (Wildman–Crippen MR) is 123 cm³/mol. The third-order valence-corrected chi connectivity index (χ3v) is 6.39. The van der Waals surface area contributed by atoms with Crippen LogP contribution in [0.2, 0.25) is 5.02 Å². The number of ketones is 1. The van der Waals surface area contributed by atoms with E-state index in [4.69, 9.17) is 16.3 Å². The number of amides is 1. The largest absolute Gasteiger partial charge is 0.507 e. The minimum absolute atomic E-state index is 0.00579. The number of carbonyl (C=O) groups is 2. The van der Waals surface area contributed by atoms with Gasteiger partial charge in [-0.15, -0.1) is 11.3 Å². The van der Waals surface area contributed by atoms with E-state index in [0.29, 0.717) is 18.0 Å². The Kier molecular flexibility index (Phi) is 5.85. The number of aryl methyl sites for hydroxylation is 1. The summed E-state index contributed by atoms with van der Waals surface area (Å²) >= 11 is 7.76. The Morgan fingerprint density at radius 2 is 1.94 bits per heavy atom. The molecule has 0 spiro atoms. The Morgan fingerprint density at radius 3 is 2.61 bits per heavy atom. The molecule has 158 valence electrons. The summed E-state index contributed by atoms with van der Waals surface area (Å²) in [6.45, 7) is 4.16. The number of hydrogen-bond donors (Lipinski definition) is 1. The molecule has 2 heterocycles. The predicted octanol–water partition coefficient (Wildman–Crippen LogP) is 5.73.